The van der Waals surface area contributed by atoms with Gasteiger partial charge in [-0.15, -0.1) is 4.91 Å². The number of nitroso groups, excluding NO2 is 1. The van der Waals surface area contributed by atoms with E-state index in [9.17, 15) is 15.0 Å². The average Bonchev–Trinajstić information content (AvgIpc) is 2.15. The Bertz CT molecular complexity index is 381. The topological polar surface area (TPSA) is 72.6 Å². The number of nitro groups is 1. The van der Waals surface area contributed by atoms with E-state index in [1.807, 2.05) is 0 Å². The summed E-state index contributed by atoms with van der Waals surface area (Å²) in [6.45, 7) is 1.58. The van der Waals surface area contributed by atoms with Gasteiger partial charge in [-0.3, -0.25) is 10.1 Å². The molecule has 0 aromatic heterocycles. The van der Waals surface area contributed by atoms with Crippen LogP contribution in [-0.2, 0) is 0 Å². The second-order valence-electron chi connectivity index (χ2n) is 2.74. The van der Waals surface area contributed by atoms with Gasteiger partial charge in [-0.05, 0) is 29.8 Å². The lowest BCUT2D eigenvalue weighted by molar-refractivity contribution is -0.385. The highest BCUT2D eigenvalue weighted by Crippen LogP contribution is 2.26. The predicted octanol–water partition coefficient (Wildman–Crippen LogP) is 2.91. The Labute approximate surface area is 84.8 Å². The molecule has 0 aliphatic heterocycles. The molecule has 0 saturated carbocycles. The highest BCUT2D eigenvalue weighted by atomic mass is 35.5. The second kappa shape index (κ2) is 4.15. The first-order valence-corrected chi connectivity index (χ1v) is 4.21. The molecule has 1 rings (SSSR count). The van der Waals surface area contributed by atoms with Crippen molar-refractivity contribution in [3.05, 3.63) is 44.3 Å². The van der Waals surface area contributed by atoms with Crippen molar-refractivity contribution in [1.82, 2.24) is 0 Å². The lowest BCUT2D eigenvalue weighted by Crippen LogP contribution is -1.94. The molecule has 1 aromatic carbocycles. The van der Waals surface area contributed by atoms with Crippen molar-refractivity contribution >= 4 is 17.3 Å². The normalized spacial score (nSPS) is 12.1. The molecule has 0 fully saturated rings. The summed E-state index contributed by atoms with van der Waals surface area (Å²) in [6.07, 6.45) is 0. The van der Waals surface area contributed by atoms with Crippen molar-refractivity contribution in [3.63, 3.8) is 0 Å². The van der Waals surface area contributed by atoms with Gasteiger partial charge in [0.25, 0.3) is 5.69 Å². The zero-order chi connectivity index (χ0) is 10.7. The van der Waals surface area contributed by atoms with Crippen LogP contribution in [0.25, 0.3) is 0 Å². The highest BCUT2D eigenvalue weighted by molar-refractivity contribution is 6.20. The molecule has 5 nitrogen and oxygen atoms in total. The van der Waals surface area contributed by atoms with Gasteiger partial charge >= 0.3 is 0 Å². The summed E-state index contributed by atoms with van der Waals surface area (Å²) in [5, 5.41) is 13.1. The van der Waals surface area contributed by atoms with E-state index in [0.29, 0.717) is 11.1 Å². The molecule has 0 saturated heterocycles. The molecule has 0 radical (unpaired) electrons. The molecule has 6 heteroatoms. The predicted molar refractivity (Wildman–Crippen MR) is 52.2 cm³/mol. The fraction of sp³-hybridized carbons (Fsp3) is 0.250. The number of halogens is 1. The van der Waals surface area contributed by atoms with Crippen LogP contribution in [0.4, 0.5) is 5.69 Å². The van der Waals surface area contributed by atoms with E-state index >= 15 is 0 Å². The Hall–Kier alpha value is -1.49. The maximum absolute atomic E-state index is 10.5. The van der Waals surface area contributed by atoms with Crippen LogP contribution in [0.15, 0.2) is 23.4 Å². The summed E-state index contributed by atoms with van der Waals surface area (Å²) < 4.78 is 0. The summed E-state index contributed by atoms with van der Waals surface area (Å²) in [7, 11) is 0. The number of benzene rings is 1. The molecular weight excluding hydrogens is 208 g/mol. The molecule has 1 aromatic rings. The molecule has 0 spiro atoms. The van der Waals surface area contributed by atoms with Crippen LogP contribution in [0, 0.1) is 21.9 Å². The van der Waals surface area contributed by atoms with E-state index < -0.39 is 10.4 Å². The van der Waals surface area contributed by atoms with Crippen molar-refractivity contribution in [2.75, 3.05) is 0 Å². The minimum atomic E-state index is -0.991. The van der Waals surface area contributed by atoms with Crippen LogP contribution in [0.3, 0.4) is 0 Å². The number of hydrogen-bond acceptors (Lipinski definition) is 4. The minimum absolute atomic E-state index is 0.00326. The average molecular weight is 215 g/mol. The summed E-state index contributed by atoms with van der Waals surface area (Å²) in [5.74, 6) is 0. The fourth-order valence-electron chi connectivity index (χ4n) is 1.09. The lowest BCUT2D eigenvalue weighted by atomic mass is 10.1. The Morgan fingerprint density at radius 2 is 2.21 bits per heavy atom. The van der Waals surface area contributed by atoms with E-state index in [4.69, 9.17) is 11.6 Å². The van der Waals surface area contributed by atoms with E-state index in [0.717, 1.165) is 0 Å². The third-order valence-electron chi connectivity index (χ3n) is 1.79. The quantitative estimate of drug-likeness (QED) is 0.255. The first-order valence-electron chi connectivity index (χ1n) is 3.77. The van der Waals surface area contributed by atoms with Gasteiger partial charge in [-0.1, -0.05) is 11.6 Å². The van der Waals surface area contributed by atoms with E-state index in [1.54, 1.807) is 6.92 Å². The summed E-state index contributed by atoms with van der Waals surface area (Å²) in [4.78, 5) is 20.1. The first-order chi connectivity index (χ1) is 6.56. The van der Waals surface area contributed by atoms with Gasteiger partial charge < -0.3 is 0 Å². The first kappa shape index (κ1) is 10.6. The molecular formula is C8H7ClN2O3. The number of nitro benzene ring substituents is 1. The standard InChI is InChI=1S/C8H7ClN2O3/c1-5-4-6(8(9)10-12)2-3-7(5)11(13)14/h2-4,8H,1H3. The molecule has 74 valence electrons. The van der Waals surface area contributed by atoms with Crippen molar-refractivity contribution in [2.45, 2.75) is 12.4 Å². The second-order valence-corrected chi connectivity index (χ2v) is 3.16. The zero-order valence-electron chi connectivity index (χ0n) is 7.31. The summed E-state index contributed by atoms with van der Waals surface area (Å²) in [5.41, 5.74) is -0.0652. The largest absolute Gasteiger partial charge is 0.272 e. The van der Waals surface area contributed by atoms with Crippen LogP contribution in [0.5, 0.6) is 0 Å². The monoisotopic (exact) mass is 214 g/mol. The molecule has 0 aliphatic carbocycles. The Balaban J connectivity index is 3.12. The maximum atomic E-state index is 10.5. The number of rotatable bonds is 3. The Morgan fingerprint density at radius 3 is 2.64 bits per heavy atom. The van der Waals surface area contributed by atoms with Crippen LogP contribution in [0.2, 0.25) is 0 Å². The SMILES string of the molecule is Cc1cc(C(Cl)N=O)ccc1[N+](=O)[O-]. The Morgan fingerprint density at radius 1 is 1.57 bits per heavy atom. The van der Waals surface area contributed by atoms with Crippen LogP contribution >= 0.6 is 11.6 Å². The van der Waals surface area contributed by atoms with E-state index in [1.165, 1.54) is 18.2 Å². The zero-order valence-corrected chi connectivity index (χ0v) is 8.06. The van der Waals surface area contributed by atoms with E-state index in [-0.39, 0.29) is 5.69 Å². The lowest BCUT2D eigenvalue weighted by Gasteiger charge is -2.02. The molecule has 0 bridgehead atoms. The maximum Gasteiger partial charge on any atom is 0.272 e. The Kier molecular flexibility index (Phi) is 3.14. The molecule has 0 heterocycles. The molecule has 0 N–H and O–H groups in total. The van der Waals surface area contributed by atoms with Crippen molar-refractivity contribution in [3.8, 4) is 0 Å². The highest BCUT2D eigenvalue weighted by Gasteiger charge is 2.14. The van der Waals surface area contributed by atoms with E-state index in [2.05, 4.69) is 5.18 Å². The van der Waals surface area contributed by atoms with Gasteiger partial charge in [-0.2, -0.15) is 0 Å². The van der Waals surface area contributed by atoms with Crippen molar-refractivity contribution in [2.24, 2.45) is 5.18 Å². The molecule has 0 aliphatic rings. The number of alkyl halides is 1. The molecule has 1 unspecified atom stereocenters. The number of aryl methyl sites for hydroxylation is 1. The molecule has 1 atom stereocenters. The third kappa shape index (κ3) is 2.05. The van der Waals surface area contributed by atoms with Gasteiger partial charge in [-0.25, -0.2) is 0 Å². The summed E-state index contributed by atoms with van der Waals surface area (Å²) >= 11 is 5.55. The fourth-order valence-corrected chi connectivity index (χ4v) is 1.23. The molecule has 0 amide bonds. The minimum Gasteiger partial charge on any atom is -0.258 e. The number of nitrogens with zero attached hydrogens (tertiary/aromatic N) is 2. The smallest absolute Gasteiger partial charge is 0.258 e. The number of hydrogen-bond donors (Lipinski definition) is 0. The van der Waals surface area contributed by atoms with Crippen LogP contribution in [0.1, 0.15) is 16.6 Å². The summed E-state index contributed by atoms with van der Waals surface area (Å²) in [6, 6.07) is 4.21. The third-order valence-corrected chi connectivity index (χ3v) is 2.12. The molecule has 14 heavy (non-hydrogen) atoms. The van der Waals surface area contributed by atoms with Gasteiger partial charge in [0, 0.05) is 11.6 Å². The van der Waals surface area contributed by atoms with Gasteiger partial charge in [0.1, 0.15) is 0 Å². The van der Waals surface area contributed by atoms with Gasteiger partial charge in [0.2, 0.25) is 0 Å². The van der Waals surface area contributed by atoms with Crippen molar-refractivity contribution < 1.29 is 4.92 Å². The van der Waals surface area contributed by atoms with Gasteiger partial charge in [0.05, 0.1) is 4.92 Å². The van der Waals surface area contributed by atoms with Crippen LogP contribution < -0.4 is 0 Å². The van der Waals surface area contributed by atoms with Crippen LogP contribution in [-0.4, -0.2) is 4.92 Å². The van der Waals surface area contributed by atoms with Gasteiger partial charge in [0.15, 0.2) is 5.50 Å². The van der Waals surface area contributed by atoms with Crippen molar-refractivity contribution in [1.29, 1.82) is 0 Å².